The van der Waals surface area contributed by atoms with Gasteiger partial charge in [-0.15, -0.1) is 0 Å². The number of nitrogens with zero attached hydrogens (tertiary/aromatic N) is 5. The molecule has 0 radical (unpaired) electrons. The van der Waals surface area contributed by atoms with E-state index in [-0.39, 0.29) is 40.0 Å². The molecule has 13 heteroatoms. The second-order valence-electron chi connectivity index (χ2n) is 10.2. The molecule has 0 saturated heterocycles. The van der Waals surface area contributed by atoms with Crippen LogP contribution in [0.4, 0.5) is 8.78 Å². The first-order valence-electron chi connectivity index (χ1n) is 13.4. The molecule has 0 spiro atoms. The average molecular weight is 594 g/mol. The number of aromatic amines is 1. The molecule has 1 aliphatic carbocycles. The molecule has 0 aliphatic heterocycles. The van der Waals surface area contributed by atoms with Crippen LogP contribution >= 0.6 is 11.6 Å². The normalized spacial score (nSPS) is 17.0. The predicted molar refractivity (Wildman–Crippen MR) is 151 cm³/mol. The van der Waals surface area contributed by atoms with Crippen LogP contribution in [0.25, 0.3) is 33.9 Å². The number of hydrogen-bond donors (Lipinski definition) is 3. The predicted octanol–water partition coefficient (Wildman–Crippen LogP) is 5.83. The highest BCUT2D eigenvalue weighted by atomic mass is 35.5. The third-order valence-electron chi connectivity index (χ3n) is 7.39. The Bertz CT molecular complexity index is 1730. The van der Waals surface area contributed by atoms with Gasteiger partial charge < -0.3 is 19.7 Å². The largest absolute Gasteiger partial charge is 0.508 e. The van der Waals surface area contributed by atoms with Gasteiger partial charge in [-0.05, 0) is 61.6 Å². The number of H-pyrrole nitrogens is 1. The van der Waals surface area contributed by atoms with Gasteiger partial charge in [0.2, 0.25) is 0 Å². The van der Waals surface area contributed by atoms with Gasteiger partial charge in [0, 0.05) is 12.6 Å². The fraction of sp³-hybridized carbons (Fsp3) is 0.276. The topological polar surface area (TPSA) is 131 Å². The Hall–Kier alpha value is -4.58. The molecular formula is C29H26ClF2N7O3. The van der Waals surface area contributed by atoms with Crippen LogP contribution in [0.1, 0.15) is 36.0 Å². The van der Waals surface area contributed by atoms with E-state index in [0.29, 0.717) is 41.4 Å². The molecule has 0 bridgehead atoms. The van der Waals surface area contributed by atoms with Crippen LogP contribution in [-0.2, 0) is 6.54 Å². The Labute approximate surface area is 243 Å². The van der Waals surface area contributed by atoms with Crippen LogP contribution in [0.3, 0.4) is 0 Å². The molecule has 3 heterocycles. The molecule has 10 nitrogen and oxygen atoms in total. The number of pyridine rings is 1. The Morgan fingerprint density at radius 2 is 2.05 bits per heavy atom. The van der Waals surface area contributed by atoms with E-state index in [2.05, 4.69) is 25.5 Å². The van der Waals surface area contributed by atoms with Crippen molar-refractivity contribution in [3.8, 4) is 34.4 Å². The van der Waals surface area contributed by atoms with E-state index in [9.17, 15) is 18.7 Å². The van der Waals surface area contributed by atoms with E-state index >= 15 is 0 Å². The Kier molecular flexibility index (Phi) is 7.70. The summed E-state index contributed by atoms with van der Waals surface area (Å²) in [5, 5.41) is 19.9. The van der Waals surface area contributed by atoms with Crippen LogP contribution < -0.4 is 10.1 Å². The zero-order valence-electron chi connectivity index (χ0n) is 22.2. The summed E-state index contributed by atoms with van der Waals surface area (Å²) < 4.78 is 33.4. The number of carbonyl (C=O) groups excluding carboxylic acids is 1. The Balaban J connectivity index is 1.33. The zero-order valence-corrected chi connectivity index (χ0v) is 22.9. The number of para-hydroxylation sites is 1. The number of fused-ring (bicyclic) bond motifs is 1. The summed E-state index contributed by atoms with van der Waals surface area (Å²) in [4.78, 5) is 26.4. The standard InChI is InChI=1S/C29H26ClF2N7O3/c30-21-9-8-18(40)11-20(21)28(41)36-17-5-3-4-16(10-17)14-39-24-12-22(26-34-15-35-38-26)33-13-23(24)37-27(39)19-6-1-2-7-25(19)42-29(31)32/h1-2,6-9,11-13,15-17,29,40H,3-5,10,14H2,(H,36,41)(H,34,35,38)/t16?,17-/m0/s1. The molecule has 2 atom stereocenters. The number of benzene rings is 2. The Morgan fingerprint density at radius 3 is 2.86 bits per heavy atom. The summed E-state index contributed by atoms with van der Waals surface area (Å²) in [6, 6.07) is 12.5. The monoisotopic (exact) mass is 593 g/mol. The highest BCUT2D eigenvalue weighted by Gasteiger charge is 2.27. The first-order valence-corrected chi connectivity index (χ1v) is 13.8. The summed E-state index contributed by atoms with van der Waals surface area (Å²) in [7, 11) is 0. The molecule has 3 aromatic heterocycles. The number of phenols is 1. The Morgan fingerprint density at radius 1 is 1.19 bits per heavy atom. The van der Waals surface area contributed by atoms with Crippen molar-refractivity contribution in [2.75, 3.05) is 0 Å². The lowest BCUT2D eigenvalue weighted by molar-refractivity contribution is -0.0494. The van der Waals surface area contributed by atoms with Gasteiger partial charge in [-0.2, -0.15) is 13.9 Å². The second kappa shape index (κ2) is 11.7. The summed E-state index contributed by atoms with van der Waals surface area (Å²) in [5.41, 5.74) is 2.52. The van der Waals surface area contributed by atoms with Gasteiger partial charge >= 0.3 is 6.61 Å². The lowest BCUT2D eigenvalue weighted by Crippen LogP contribution is -2.39. The number of carbonyl (C=O) groups is 1. The lowest BCUT2D eigenvalue weighted by atomic mass is 9.85. The minimum absolute atomic E-state index is 0.0178. The number of phenolic OH excluding ortho intramolecular Hbond substituents is 1. The van der Waals surface area contributed by atoms with Gasteiger partial charge in [-0.3, -0.25) is 14.9 Å². The molecule has 5 aromatic rings. The molecule has 1 fully saturated rings. The molecule has 6 rings (SSSR count). The van der Waals surface area contributed by atoms with Gasteiger partial charge in [0.15, 0.2) is 5.82 Å². The number of alkyl halides is 2. The van der Waals surface area contributed by atoms with Crippen molar-refractivity contribution in [3.63, 3.8) is 0 Å². The molecule has 216 valence electrons. The van der Waals surface area contributed by atoms with Gasteiger partial charge in [0.05, 0.1) is 27.9 Å². The van der Waals surface area contributed by atoms with Crippen LogP contribution in [0, 0.1) is 5.92 Å². The second-order valence-corrected chi connectivity index (χ2v) is 10.6. The van der Waals surface area contributed by atoms with E-state index in [1.165, 1.54) is 30.6 Å². The van der Waals surface area contributed by atoms with Crippen molar-refractivity contribution >= 4 is 28.5 Å². The molecule has 1 amide bonds. The summed E-state index contributed by atoms with van der Waals surface area (Å²) in [6.07, 6.45) is 6.25. The molecule has 1 aliphatic rings. The van der Waals surface area contributed by atoms with Crippen molar-refractivity contribution in [1.82, 2.24) is 35.0 Å². The number of rotatable bonds is 8. The molecule has 3 N–H and O–H groups in total. The highest BCUT2D eigenvalue weighted by molar-refractivity contribution is 6.33. The molecule has 1 unspecified atom stereocenters. The molecule has 2 aromatic carbocycles. The smallest absolute Gasteiger partial charge is 0.387 e. The number of ether oxygens (including phenoxy) is 1. The van der Waals surface area contributed by atoms with Gasteiger partial charge in [-0.25, -0.2) is 9.97 Å². The summed E-state index contributed by atoms with van der Waals surface area (Å²) in [5.74, 6) is 0.709. The van der Waals surface area contributed by atoms with E-state index < -0.39 is 6.61 Å². The SMILES string of the molecule is O=C(N[C@H]1CCCC(Cn2c(-c3ccccc3OC(F)F)nc3cnc(-c4ncn[nH]4)cc32)C1)c1cc(O)ccc1Cl. The number of halogens is 3. The maximum atomic E-state index is 13.3. The number of amides is 1. The van der Waals surface area contributed by atoms with E-state index in [4.69, 9.17) is 21.3 Å². The van der Waals surface area contributed by atoms with Crippen molar-refractivity contribution in [1.29, 1.82) is 0 Å². The van der Waals surface area contributed by atoms with Crippen molar-refractivity contribution in [3.05, 3.63) is 71.6 Å². The lowest BCUT2D eigenvalue weighted by Gasteiger charge is -2.30. The first kappa shape index (κ1) is 27.6. The number of hydrogen-bond acceptors (Lipinski definition) is 7. The van der Waals surface area contributed by atoms with E-state index in [1.807, 2.05) is 10.6 Å². The number of aromatic hydroxyl groups is 1. The fourth-order valence-corrected chi connectivity index (χ4v) is 5.73. The summed E-state index contributed by atoms with van der Waals surface area (Å²) in [6.45, 7) is -2.49. The van der Waals surface area contributed by atoms with Crippen LogP contribution in [0.2, 0.25) is 5.02 Å². The van der Waals surface area contributed by atoms with Crippen molar-refractivity contribution in [2.24, 2.45) is 5.92 Å². The van der Waals surface area contributed by atoms with Crippen molar-refractivity contribution in [2.45, 2.75) is 44.9 Å². The molecule has 42 heavy (non-hydrogen) atoms. The van der Waals surface area contributed by atoms with Crippen LogP contribution in [0.15, 0.2) is 61.1 Å². The number of aromatic nitrogens is 6. The minimum Gasteiger partial charge on any atom is -0.508 e. The van der Waals surface area contributed by atoms with Crippen LogP contribution in [-0.4, -0.2) is 53.4 Å². The fourth-order valence-electron chi connectivity index (χ4n) is 5.52. The number of imidazole rings is 1. The third kappa shape index (κ3) is 5.75. The quantitative estimate of drug-likeness (QED) is 0.206. The van der Waals surface area contributed by atoms with Crippen LogP contribution in [0.5, 0.6) is 11.5 Å². The maximum absolute atomic E-state index is 13.3. The van der Waals surface area contributed by atoms with Gasteiger partial charge in [0.25, 0.3) is 5.91 Å². The first-order chi connectivity index (χ1) is 20.4. The molecular weight excluding hydrogens is 568 g/mol. The van der Waals surface area contributed by atoms with Gasteiger partial charge in [-0.1, -0.05) is 30.2 Å². The van der Waals surface area contributed by atoms with E-state index in [1.54, 1.807) is 24.4 Å². The summed E-state index contributed by atoms with van der Waals surface area (Å²) >= 11 is 6.20. The third-order valence-corrected chi connectivity index (χ3v) is 7.72. The van der Waals surface area contributed by atoms with Gasteiger partial charge in [0.1, 0.15) is 34.9 Å². The number of nitrogens with one attached hydrogen (secondary N) is 2. The maximum Gasteiger partial charge on any atom is 0.387 e. The minimum atomic E-state index is -2.99. The molecule has 1 saturated carbocycles. The van der Waals surface area contributed by atoms with Crippen molar-refractivity contribution < 1.29 is 23.4 Å². The van der Waals surface area contributed by atoms with E-state index in [0.717, 1.165) is 24.8 Å². The average Bonchev–Trinajstić information content (AvgIpc) is 3.63. The zero-order chi connectivity index (χ0) is 29.2. The highest BCUT2D eigenvalue weighted by Crippen LogP contribution is 2.36.